The molecule has 0 aliphatic heterocycles. The van der Waals surface area contributed by atoms with Crippen LogP contribution in [0, 0.1) is 5.82 Å². The second-order valence-electron chi connectivity index (χ2n) is 5.53. The summed E-state index contributed by atoms with van der Waals surface area (Å²) in [5.74, 6) is -2.00. The third-order valence-corrected chi connectivity index (χ3v) is 3.40. The first-order valence-corrected chi connectivity index (χ1v) is 7.77. The van der Waals surface area contributed by atoms with E-state index in [9.17, 15) is 27.2 Å². The fourth-order valence-electron chi connectivity index (χ4n) is 2.03. The summed E-state index contributed by atoms with van der Waals surface area (Å²) in [7, 11) is 0. The molecule has 0 heterocycles. The molecule has 142 valence electrons. The van der Waals surface area contributed by atoms with Gasteiger partial charge in [0.2, 0.25) is 0 Å². The summed E-state index contributed by atoms with van der Waals surface area (Å²) < 4.78 is 55.7. The Kier molecular flexibility index (Phi) is 6.33. The van der Waals surface area contributed by atoms with Crippen LogP contribution in [0.3, 0.4) is 0 Å². The number of carbonyl (C=O) groups excluding carboxylic acids is 2. The van der Waals surface area contributed by atoms with Crippen molar-refractivity contribution in [3.63, 3.8) is 0 Å². The lowest BCUT2D eigenvalue weighted by Crippen LogP contribution is -2.29. The predicted octanol–water partition coefficient (Wildman–Crippen LogP) is 4.43. The van der Waals surface area contributed by atoms with Crippen LogP contribution in [-0.4, -0.2) is 18.0 Å². The Morgan fingerprint density at radius 2 is 1.78 bits per heavy atom. The smallest absolute Gasteiger partial charge is 0.416 e. The number of carbonyl (C=O) groups is 2. The third kappa shape index (κ3) is 6.25. The van der Waals surface area contributed by atoms with Crippen LogP contribution < -0.4 is 5.32 Å². The molecule has 2 rings (SSSR count). The van der Waals surface area contributed by atoms with Crippen LogP contribution in [0.4, 0.5) is 23.2 Å². The van der Waals surface area contributed by atoms with E-state index in [1.807, 2.05) is 0 Å². The summed E-state index contributed by atoms with van der Waals surface area (Å²) in [5, 5.41) is 2.44. The first-order chi connectivity index (χ1) is 12.6. The van der Waals surface area contributed by atoms with Crippen molar-refractivity contribution in [1.82, 2.24) is 0 Å². The topological polar surface area (TPSA) is 55.4 Å². The van der Waals surface area contributed by atoms with Gasteiger partial charge in [0, 0.05) is 11.8 Å². The van der Waals surface area contributed by atoms with Gasteiger partial charge in [0.15, 0.2) is 6.10 Å². The second kappa shape index (κ2) is 8.48. The summed E-state index contributed by atoms with van der Waals surface area (Å²) in [6, 6.07) is 9.40. The average Bonchev–Trinajstić information content (AvgIpc) is 2.61. The Hall–Kier alpha value is -3.16. The van der Waals surface area contributed by atoms with Gasteiger partial charge in [-0.15, -0.1) is 0 Å². The van der Waals surface area contributed by atoms with Crippen molar-refractivity contribution in [1.29, 1.82) is 0 Å². The summed E-state index contributed by atoms with van der Waals surface area (Å²) in [6.45, 7) is 1.33. The molecule has 0 aliphatic carbocycles. The Morgan fingerprint density at radius 3 is 2.41 bits per heavy atom. The average molecular weight is 381 g/mol. The normalized spacial score (nSPS) is 12.6. The zero-order chi connectivity index (χ0) is 20.0. The minimum absolute atomic E-state index is 0.158. The van der Waals surface area contributed by atoms with E-state index < -0.39 is 35.5 Å². The standard InChI is InChI=1S/C19H15F4NO3/c1-12(18(26)24-16-8-6-15(20)7-9-16)27-17(25)10-5-13-3-2-4-14(11-13)19(21,22)23/h2-12H,1H3,(H,24,26)/b10-5+/t12-/m1/s1. The first-order valence-electron chi connectivity index (χ1n) is 7.77. The molecular weight excluding hydrogens is 366 g/mol. The molecule has 0 saturated carbocycles. The van der Waals surface area contributed by atoms with Crippen molar-refractivity contribution in [2.75, 3.05) is 5.32 Å². The molecule has 0 spiro atoms. The summed E-state index contributed by atoms with van der Waals surface area (Å²) in [5.41, 5.74) is -0.362. The molecular formula is C19H15F4NO3. The van der Waals surface area contributed by atoms with Gasteiger partial charge in [0.1, 0.15) is 5.82 Å². The molecule has 0 radical (unpaired) electrons. The number of nitrogens with one attached hydrogen (secondary N) is 1. The first kappa shape index (κ1) is 20.2. The molecule has 0 fully saturated rings. The maximum Gasteiger partial charge on any atom is 0.416 e. The zero-order valence-electron chi connectivity index (χ0n) is 14.1. The number of esters is 1. The van der Waals surface area contributed by atoms with E-state index in [4.69, 9.17) is 4.74 Å². The van der Waals surface area contributed by atoms with Gasteiger partial charge in [-0.05, 0) is 55.0 Å². The maximum atomic E-state index is 12.8. The Bertz CT molecular complexity index is 845. The molecule has 1 N–H and O–H groups in total. The van der Waals surface area contributed by atoms with Gasteiger partial charge in [-0.3, -0.25) is 4.79 Å². The van der Waals surface area contributed by atoms with Crippen molar-refractivity contribution in [3.8, 4) is 0 Å². The van der Waals surface area contributed by atoms with E-state index in [0.29, 0.717) is 5.69 Å². The van der Waals surface area contributed by atoms with Crippen LogP contribution >= 0.6 is 0 Å². The monoisotopic (exact) mass is 381 g/mol. The summed E-state index contributed by atoms with van der Waals surface area (Å²) in [6.07, 6.45) is -3.56. The van der Waals surface area contributed by atoms with Crippen LogP contribution in [0.25, 0.3) is 6.08 Å². The number of halogens is 4. The van der Waals surface area contributed by atoms with Crippen molar-refractivity contribution in [2.24, 2.45) is 0 Å². The largest absolute Gasteiger partial charge is 0.449 e. The molecule has 1 amide bonds. The van der Waals surface area contributed by atoms with Crippen molar-refractivity contribution in [2.45, 2.75) is 19.2 Å². The van der Waals surface area contributed by atoms with E-state index in [1.54, 1.807) is 0 Å². The predicted molar refractivity (Wildman–Crippen MR) is 91.1 cm³/mol. The Labute approximate surface area is 152 Å². The summed E-state index contributed by atoms with van der Waals surface area (Å²) >= 11 is 0. The van der Waals surface area contributed by atoms with Gasteiger partial charge in [0.25, 0.3) is 5.91 Å². The molecule has 1 atom stereocenters. The van der Waals surface area contributed by atoms with Crippen LogP contribution in [0.2, 0.25) is 0 Å². The van der Waals surface area contributed by atoms with Crippen LogP contribution in [0.15, 0.2) is 54.6 Å². The van der Waals surface area contributed by atoms with Crippen LogP contribution in [0.5, 0.6) is 0 Å². The van der Waals surface area contributed by atoms with Crippen LogP contribution in [0.1, 0.15) is 18.1 Å². The molecule has 0 saturated heterocycles. The van der Waals surface area contributed by atoms with Crippen molar-refractivity contribution < 1.29 is 31.9 Å². The van der Waals surface area contributed by atoms with Crippen molar-refractivity contribution in [3.05, 3.63) is 71.6 Å². The summed E-state index contributed by atoms with van der Waals surface area (Å²) in [4.78, 5) is 23.7. The van der Waals surface area contributed by atoms with Crippen molar-refractivity contribution >= 4 is 23.6 Å². The van der Waals surface area contributed by atoms with Gasteiger partial charge in [-0.1, -0.05) is 12.1 Å². The number of rotatable bonds is 5. The molecule has 0 aromatic heterocycles. The zero-order valence-corrected chi connectivity index (χ0v) is 14.1. The van der Waals surface area contributed by atoms with Crippen LogP contribution in [-0.2, 0) is 20.5 Å². The fourth-order valence-corrected chi connectivity index (χ4v) is 2.03. The fraction of sp³-hybridized carbons (Fsp3) is 0.158. The number of anilines is 1. The molecule has 2 aromatic rings. The number of hydrogen-bond donors (Lipinski definition) is 1. The van der Waals surface area contributed by atoms with E-state index in [2.05, 4.69) is 5.32 Å². The minimum Gasteiger partial charge on any atom is -0.449 e. The van der Waals surface area contributed by atoms with E-state index in [1.165, 1.54) is 31.2 Å². The second-order valence-corrected chi connectivity index (χ2v) is 5.53. The Morgan fingerprint density at radius 1 is 1.11 bits per heavy atom. The van der Waals surface area contributed by atoms with Gasteiger partial charge in [0.05, 0.1) is 5.56 Å². The molecule has 27 heavy (non-hydrogen) atoms. The molecule has 0 aliphatic rings. The lowest BCUT2D eigenvalue weighted by molar-refractivity contribution is -0.148. The highest BCUT2D eigenvalue weighted by atomic mass is 19.4. The van der Waals surface area contributed by atoms with E-state index >= 15 is 0 Å². The highest BCUT2D eigenvalue weighted by molar-refractivity contribution is 5.96. The minimum atomic E-state index is -4.49. The molecule has 0 unspecified atom stereocenters. The number of hydrogen-bond acceptors (Lipinski definition) is 3. The van der Waals surface area contributed by atoms with Gasteiger partial charge < -0.3 is 10.1 Å². The number of benzene rings is 2. The molecule has 2 aromatic carbocycles. The van der Waals surface area contributed by atoms with Gasteiger partial charge >= 0.3 is 12.1 Å². The maximum absolute atomic E-state index is 12.8. The number of amides is 1. The highest BCUT2D eigenvalue weighted by Gasteiger charge is 2.30. The third-order valence-electron chi connectivity index (χ3n) is 3.40. The Balaban J connectivity index is 1.93. The van der Waals surface area contributed by atoms with Gasteiger partial charge in [-0.25, -0.2) is 9.18 Å². The lowest BCUT2D eigenvalue weighted by atomic mass is 10.1. The number of ether oxygens (including phenoxy) is 1. The molecule has 4 nitrogen and oxygen atoms in total. The van der Waals surface area contributed by atoms with E-state index in [0.717, 1.165) is 36.4 Å². The molecule has 0 bridgehead atoms. The number of alkyl halides is 3. The van der Waals surface area contributed by atoms with E-state index in [-0.39, 0.29) is 5.56 Å². The SMILES string of the molecule is C[C@@H](OC(=O)/C=C/c1cccc(C(F)(F)F)c1)C(=O)Nc1ccc(F)cc1. The highest BCUT2D eigenvalue weighted by Crippen LogP contribution is 2.29. The molecule has 8 heteroatoms. The quantitative estimate of drug-likeness (QED) is 0.474. The lowest BCUT2D eigenvalue weighted by Gasteiger charge is -2.12. The van der Waals surface area contributed by atoms with Gasteiger partial charge in [-0.2, -0.15) is 13.2 Å².